The number of likely N-dealkylation sites (N-methyl/N-ethyl adjacent to an activating group) is 1. The van der Waals surface area contributed by atoms with E-state index in [4.69, 9.17) is 21.8 Å². The fourth-order valence-electron chi connectivity index (χ4n) is 1.54. The van der Waals surface area contributed by atoms with E-state index in [-0.39, 0.29) is 25.1 Å². The Balaban J connectivity index is 2.84. The van der Waals surface area contributed by atoms with E-state index < -0.39 is 0 Å². The summed E-state index contributed by atoms with van der Waals surface area (Å²) in [6.07, 6.45) is 0. The summed E-state index contributed by atoms with van der Waals surface area (Å²) >= 11 is 6.02. The number of nitrogens with zero attached hydrogens (tertiary/aromatic N) is 1. The van der Waals surface area contributed by atoms with Crippen molar-refractivity contribution in [2.45, 2.75) is 19.5 Å². The zero-order valence-electron chi connectivity index (χ0n) is 9.95. The highest BCUT2D eigenvalue weighted by Crippen LogP contribution is 2.22. The van der Waals surface area contributed by atoms with E-state index >= 15 is 0 Å². The molecule has 3 nitrogen and oxygen atoms in total. The summed E-state index contributed by atoms with van der Waals surface area (Å²) in [7, 11) is 1.74. The van der Waals surface area contributed by atoms with Crippen LogP contribution in [0.15, 0.2) is 12.1 Å². The Hall–Kier alpha value is -0.680. The van der Waals surface area contributed by atoms with Gasteiger partial charge in [0.05, 0.1) is 19.3 Å². The maximum atomic E-state index is 13.4. The van der Waals surface area contributed by atoms with E-state index in [2.05, 4.69) is 0 Å². The van der Waals surface area contributed by atoms with Crippen molar-refractivity contribution in [2.24, 2.45) is 0 Å². The summed E-state index contributed by atoms with van der Waals surface area (Å²) in [5, 5.41) is 18.6. The number of aliphatic hydroxyl groups is 2. The zero-order chi connectivity index (χ0) is 13.0. The molecule has 2 N–H and O–H groups in total. The SMILES string of the molecule is Cc1cc(Cl)c(CN(C)C(CO)CO)cc1F. The molecule has 0 bridgehead atoms. The molecule has 0 unspecified atom stereocenters. The van der Waals surface area contributed by atoms with Gasteiger partial charge in [0.1, 0.15) is 5.82 Å². The first-order chi connectivity index (χ1) is 7.99. The first-order valence-corrected chi connectivity index (χ1v) is 5.73. The average molecular weight is 262 g/mol. The second-order valence-corrected chi connectivity index (χ2v) is 4.53. The smallest absolute Gasteiger partial charge is 0.126 e. The van der Waals surface area contributed by atoms with Crippen LogP contribution in [-0.2, 0) is 6.54 Å². The number of benzene rings is 1. The number of rotatable bonds is 5. The molecule has 0 saturated carbocycles. The van der Waals surface area contributed by atoms with Crippen LogP contribution in [0.1, 0.15) is 11.1 Å². The Kier molecular flexibility index (Phi) is 5.33. The molecule has 0 aliphatic rings. The molecule has 1 aromatic rings. The van der Waals surface area contributed by atoms with E-state index in [9.17, 15) is 4.39 Å². The van der Waals surface area contributed by atoms with Crippen LogP contribution in [0.4, 0.5) is 4.39 Å². The third-order valence-corrected chi connectivity index (χ3v) is 3.14. The lowest BCUT2D eigenvalue weighted by Gasteiger charge is -2.25. The fourth-order valence-corrected chi connectivity index (χ4v) is 1.82. The minimum Gasteiger partial charge on any atom is -0.395 e. The van der Waals surface area contributed by atoms with Gasteiger partial charge in [-0.25, -0.2) is 4.39 Å². The van der Waals surface area contributed by atoms with Crippen LogP contribution in [0.3, 0.4) is 0 Å². The Bertz CT molecular complexity index is 383. The third-order valence-electron chi connectivity index (χ3n) is 2.79. The number of aryl methyl sites for hydroxylation is 1. The van der Waals surface area contributed by atoms with Gasteiger partial charge >= 0.3 is 0 Å². The molecule has 0 fully saturated rings. The lowest BCUT2D eigenvalue weighted by Crippen LogP contribution is -2.37. The number of hydrogen-bond donors (Lipinski definition) is 2. The van der Waals surface area contributed by atoms with Crippen molar-refractivity contribution in [3.63, 3.8) is 0 Å². The second-order valence-electron chi connectivity index (χ2n) is 4.13. The van der Waals surface area contributed by atoms with E-state index in [1.165, 1.54) is 6.07 Å². The largest absolute Gasteiger partial charge is 0.395 e. The Morgan fingerprint density at radius 1 is 1.35 bits per heavy atom. The monoisotopic (exact) mass is 261 g/mol. The average Bonchev–Trinajstić information content (AvgIpc) is 2.27. The maximum Gasteiger partial charge on any atom is 0.126 e. The molecule has 0 aliphatic carbocycles. The predicted molar refractivity (Wildman–Crippen MR) is 65.6 cm³/mol. The van der Waals surface area contributed by atoms with Crippen molar-refractivity contribution in [1.82, 2.24) is 4.90 Å². The maximum absolute atomic E-state index is 13.4. The summed E-state index contributed by atoms with van der Waals surface area (Å²) in [5.74, 6) is -0.303. The minimum absolute atomic E-state index is 0.154. The summed E-state index contributed by atoms with van der Waals surface area (Å²) in [4.78, 5) is 1.73. The van der Waals surface area contributed by atoms with E-state index in [1.807, 2.05) is 0 Å². The van der Waals surface area contributed by atoms with Crippen molar-refractivity contribution < 1.29 is 14.6 Å². The predicted octanol–water partition coefficient (Wildman–Crippen LogP) is 1.57. The van der Waals surface area contributed by atoms with Gasteiger partial charge in [0.25, 0.3) is 0 Å². The lowest BCUT2D eigenvalue weighted by molar-refractivity contribution is 0.0873. The summed E-state index contributed by atoms with van der Waals surface area (Å²) < 4.78 is 13.4. The van der Waals surface area contributed by atoms with Crippen LogP contribution in [0.2, 0.25) is 5.02 Å². The molecule has 0 saturated heterocycles. The zero-order valence-corrected chi connectivity index (χ0v) is 10.7. The lowest BCUT2D eigenvalue weighted by atomic mass is 10.1. The first-order valence-electron chi connectivity index (χ1n) is 5.36. The second kappa shape index (κ2) is 6.31. The molecular weight excluding hydrogens is 245 g/mol. The van der Waals surface area contributed by atoms with Gasteiger partial charge in [0.15, 0.2) is 0 Å². The van der Waals surface area contributed by atoms with Gasteiger partial charge in [0, 0.05) is 11.6 Å². The van der Waals surface area contributed by atoms with E-state index in [0.29, 0.717) is 22.7 Å². The van der Waals surface area contributed by atoms with E-state index in [0.717, 1.165) is 0 Å². The van der Waals surface area contributed by atoms with Gasteiger partial charge in [-0.2, -0.15) is 0 Å². The third kappa shape index (κ3) is 3.64. The molecule has 0 aromatic heterocycles. The summed E-state index contributed by atoms with van der Waals surface area (Å²) in [6.45, 7) is 1.72. The topological polar surface area (TPSA) is 43.7 Å². The molecule has 0 heterocycles. The molecule has 0 radical (unpaired) electrons. The Morgan fingerprint density at radius 2 is 1.94 bits per heavy atom. The van der Waals surface area contributed by atoms with Crippen molar-refractivity contribution in [2.75, 3.05) is 20.3 Å². The molecule has 96 valence electrons. The van der Waals surface area contributed by atoms with Crippen molar-refractivity contribution in [3.8, 4) is 0 Å². The van der Waals surface area contributed by atoms with Gasteiger partial charge < -0.3 is 10.2 Å². The molecule has 0 aliphatic heterocycles. The van der Waals surface area contributed by atoms with Crippen LogP contribution >= 0.6 is 11.6 Å². The van der Waals surface area contributed by atoms with Gasteiger partial charge in [-0.3, -0.25) is 4.90 Å². The van der Waals surface area contributed by atoms with Crippen LogP contribution in [0, 0.1) is 12.7 Å². The van der Waals surface area contributed by atoms with Gasteiger partial charge in [-0.05, 0) is 37.2 Å². The number of halogens is 2. The van der Waals surface area contributed by atoms with Gasteiger partial charge in [0.2, 0.25) is 0 Å². The van der Waals surface area contributed by atoms with E-state index in [1.54, 1.807) is 24.9 Å². The van der Waals surface area contributed by atoms with Gasteiger partial charge in [-0.1, -0.05) is 11.6 Å². The quantitative estimate of drug-likeness (QED) is 0.846. The van der Waals surface area contributed by atoms with Crippen LogP contribution in [0.25, 0.3) is 0 Å². The molecule has 0 spiro atoms. The highest BCUT2D eigenvalue weighted by molar-refractivity contribution is 6.31. The molecule has 0 atom stereocenters. The standard InChI is InChI=1S/C12H17ClFNO2/c1-8-3-11(13)9(4-12(8)14)5-15(2)10(6-16)7-17/h3-4,10,16-17H,5-7H2,1-2H3. The van der Waals surface area contributed by atoms with Crippen molar-refractivity contribution in [1.29, 1.82) is 0 Å². The molecule has 0 amide bonds. The normalized spacial score (nSPS) is 11.5. The highest BCUT2D eigenvalue weighted by Gasteiger charge is 2.15. The number of hydrogen-bond acceptors (Lipinski definition) is 3. The highest BCUT2D eigenvalue weighted by atomic mass is 35.5. The number of aliphatic hydroxyl groups excluding tert-OH is 2. The van der Waals surface area contributed by atoms with Crippen molar-refractivity contribution in [3.05, 3.63) is 34.1 Å². The summed E-state index contributed by atoms with van der Waals surface area (Å²) in [6, 6.07) is 2.60. The fraction of sp³-hybridized carbons (Fsp3) is 0.500. The first kappa shape index (κ1) is 14.4. The van der Waals surface area contributed by atoms with Gasteiger partial charge in [-0.15, -0.1) is 0 Å². The Labute approximate surface area is 105 Å². The van der Waals surface area contributed by atoms with Crippen LogP contribution in [-0.4, -0.2) is 41.4 Å². The molecule has 17 heavy (non-hydrogen) atoms. The molecular formula is C12H17ClFNO2. The summed E-state index contributed by atoms with van der Waals surface area (Å²) in [5.41, 5.74) is 1.14. The van der Waals surface area contributed by atoms with Crippen molar-refractivity contribution >= 4 is 11.6 Å². The molecule has 1 aromatic carbocycles. The van der Waals surface area contributed by atoms with Crippen LogP contribution < -0.4 is 0 Å². The molecule has 5 heteroatoms. The van der Waals surface area contributed by atoms with Crippen LogP contribution in [0.5, 0.6) is 0 Å². The minimum atomic E-state index is -0.365. The molecule has 1 rings (SSSR count). The Morgan fingerprint density at radius 3 is 2.47 bits per heavy atom.